The molecule has 1 aromatic heterocycles. The third kappa shape index (κ3) is 4.26. The number of nitrogen functional groups attached to an aromatic ring is 1. The van der Waals surface area contributed by atoms with Crippen LogP contribution >= 0.6 is 0 Å². The van der Waals surface area contributed by atoms with Crippen molar-refractivity contribution in [3.8, 4) is 11.5 Å². The molecule has 0 saturated carbocycles. The minimum absolute atomic E-state index is 0.246. The van der Waals surface area contributed by atoms with Gasteiger partial charge in [0.25, 0.3) is 0 Å². The third-order valence-electron chi connectivity index (χ3n) is 4.84. The maximum Gasteiger partial charge on any atom is 0.161 e. The molecule has 6 nitrogen and oxygen atoms in total. The highest BCUT2D eigenvalue weighted by atomic mass is 16.6. The number of rotatable bonds is 5. The summed E-state index contributed by atoms with van der Waals surface area (Å²) >= 11 is 0. The van der Waals surface area contributed by atoms with Gasteiger partial charge in [0.1, 0.15) is 19.0 Å². The Bertz CT molecular complexity index is 753. The molecule has 1 atom stereocenters. The van der Waals surface area contributed by atoms with Crippen LogP contribution in [0.4, 0.5) is 5.82 Å². The Balaban J connectivity index is 1.32. The topological polar surface area (TPSA) is 69.8 Å². The average molecular weight is 355 g/mol. The lowest BCUT2D eigenvalue weighted by atomic mass is 10.1. The van der Waals surface area contributed by atoms with E-state index in [1.54, 1.807) is 6.20 Å². The molecule has 1 fully saturated rings. The summed E-state index contributed by atoms with van der Waals surface area (Å²) in [4.78, 5) is 6.49. The van der Waals surface area contributed by atoms with Crippen molar-refractivity contribution in [1.82, 2.24) is 9.88 Å². The van der Waals surface area contributed by atoms with E-state index in [0.29, 0.717) is 19.0 Å². The molecule has 6 heteroatoms. The van der Waals surface area contributed by atoms with Gasteiger partial charge in [-0.3, -0.25) is 4.90 Å². The van der Waals surface area contributed by atoms with Crippen LogP contribution < -0.4 is 15.2 Å². The van der Waals surface area contributed by atoms with Gasteiger partial charge in [-0.1, -0.05) is 6.07 Å². The van der Waals surface area contributed by atoms with Crippen LogP contribution in [-0.2, 0) is 17.7 Å². The zero-order valence-corrected chi connectivity index (χ0v) is 14.9. The van der Waals surface area contributed by atoms with E-state index in [1.807, 2.05) is 18.2 Å². The highest BCUT2D eigenvalue weighted by Crippen LogP contribution is 2.31. The standard InChI is InChI=1S/C20H25N3O3/c21-20-12-15(5-6-22-20)1-3-17-14-23(7-8-24-17)13-16-2-4-18-19(11-16)26-10-9-25-18/h2,4-6,11-12,17H,1,3,7-10,13-14H2,(H2,21,22)/t17-/m1/s1. The van der Waals surface area contributed by atoms with Crippen LogP contribution in [0.3, 0.4) is 0 Å². The molecule has 0 unspecified atom stereocenters. The molecule has 1 aromatic carbocycles. The first kappa shape index (κ1) is 17.1. The van der Waals surface area contributed by atoms with Crippen LogP contribution in [-0.4, -0.2) is 48.9 Å². The Labute approximate surface area is 153 Å². The quantitative estimate of drug-likeness (QED) is 0.887. The van der Waals surface area contributed by atoms with Gasteiger partial charge in [0.2, 0.25) is 0 Å². The monoisotopic (exact) mass is 355 g/mol. The average Bonchev–Trinajstić information content (AvgIpc) is 2.67. The second kappa shape index (κ2) is 7.93. The predicted octanol–water partition coefficient (Wildman–Crippen LogP) is 2.27. The predicted molar refractivity (Wildman–Crippen MR) is 99.4 cm³/mol. The van der Waals surface area contributed by atoms with Crippen molar-refractivity contribution >= 4 is 5.82 Å². The molecule has 0 amide bonds. The summed E-state index contributed by atoms with van der Waals surface area (Å²) < 4.78 is 17.2. The zero-order chi connectivity index (χ0) is 17.8. The molecule has 138 valence electrons. The summed E-state index contributed by atoms with van der Waals surface area (Å²) in [5.74, 6) is 2.28. The van der Waals surface area contributed by atoms with Gasteiger partial charge in [0.15, 0.2) is 11.5 Å². The van der Waals surface area contributed by atoms with Crippen molar-refractivity contribution in [2.75, 3.05) is 38.6 Å². The van der Waals surface area contributed by atoms with Crippen LogP contribution in [0.25, 0.3) is 0 Å². The molecular weight excluding hydrogens is 330 g/mol. The zero-order valence-electron chi connectivity index (χ0n) is 14.9. The van der Waals surface area contributed by atoms with E-state index in [9.17, 15) is 0 Å². The maximum atomic E-state index is 5.96. The van der Waals surface area contributed by atoms with E-state index < -0.39 is 0 Å². The van der Waals surface area contributed by atoms with Crippen LogP contribution in [0.5, 0.6) is 11.5 Å². The fourth-order valence-electron chi connectivity index (χ4n) is 3.52. The molecular formula is C20H25N3O3. The summed E-state index contributed by atoms with van der Waals surface area (Å²) in [5.41, 5.74) is 8.21. The Morgan fingerprint density at radius 2 is 1.92 bits per heavy atom. The molecule has 0 aliphatic carbocycles. The Morgan fingerprint density at radius 3 is 2.81 bits per heavy atom. The van der Waals surface area contributed by atoms with E-state index in [4.69, 9.17) is 19.9 Å². The summed E-state index contributed by atoms with van der Waals surface area (Å²) in [6, 6.07) is 10.2. The molecule has 2 aromatic rings. The fourth-order valence-corrected chi connectivity index (χ4v) is 3.52. The third-order valence-corrected chi connectivity index (χ3v) is 4.84. The first-order valence-corrected chi connectivity index (χ1v) is 9.19. The number of nitrogens with two attached hydrogens (primary N) is 1. The van der Waals surface area contributed by atoms with E-state index in [1.165, 1.54) is 11.1 Å². The molecule has 0 spiro atoms. The lowest BCUT2D eigenvalue weighted by molar-refractivity contribution is -0.0346. The minimum atomic E-state index is 0.246. The van der Waals surface area contributed by atoms with Gasteiger partial charge in [0, 0.05) is 25.8 Å². The Morgan fingerprint density at radius 1 is 1.04 bits per heavy atom. The lowest BCUT2D eigenvalue weighted by Gasteiger charge is -2.33. The second-order valence-corrected chi connectivity index (χ2v) is 6.83. The van der Waals surface area contributed by atoms with Crippen molar-refractivity contribution in [2.45, 2.75) is 25.5 Å². The second-order valence-electron chi connectivity index (χ2n) is 6.83. The van der Waals surface area contributed by atoms with Crippen molar-refractivity contribution in [1.29, 1.82) is 0 Å². The van der Waals surface area contributed by atoms with Crippen LogP contribution in [0.1, 0.15) is 17.5 Å². The largest absolute Gasteiger partial charge is 0.486 e. The Kier molecular flexibility index (Phi) is 5.22. The van der Waals surface area contributed by atoms with Crippen LogP contribution in [0.15, 0.2) is 36.5 Å². The fraction of sp³-hybridized carbons (Fsp3) is 0.450. The number of fused-ring (bicyclic) bond motifs is 1. The summed E-state index contributed by atoms with van der Waals surface area (Å²) in [6.45, 7) is 4.81. The number of anilines is 1. The maximum absolute atomic E-state index is 5.96. The number of aromatic nitrogens is 1. The number of nitrogens with zero attached hydrogens (tertiary/aromatic N) is 2. The normalized spacial score (nSPS) is 20.1. The van der Waals surface area contributed by atoms with Crippen molar-refractivity contribution in [3.63, 3.8) is 0 Å². The van der Waals surface area contributed by atoms with Gasteiger partial charge in [-0.2, -0.15) is 0 Å². The number of benzene rings is 1. The molecule has 26 heavy (non-hydrogen) atoms. The van der Waals surface area contributed by atoms with Crippen molar-refractivity contribution in [2.24, 2.45) is 0 Å². The number of hydrogen-bond donors (Lipinski definition) is 1. The highest BCUT2D eigenvalue weighted by Gasteiger charge is 2.21. The van der Waals surface area contributed by atoms with Gasteiger partial charge in [-0.05, 0) is 48.2 Å². The van der Waals surface area contributed by atoms with E-state index >= 15 is 0 Å². The minimum Gasteiger partial charge on any atom is -0.486 e. The van der Waals surface area contributed by atoms with Crippen LogP contribution in [0.2, 0.25) is 0 Å². The van der Waals surface area contributed by atoms with E-state index in [2.05, 4.69) is 22.0 Å². The van der Waals surface area contributed by atoms with Gasteiger partial charge in [-0.25, -0.2) is 4.98 Å². The van der Waals surface area contributed by atoms with Gasteiger partial charge >= 0.3 is 0 Å². The lowest BCUT2D eigenvalue weighted by Crippen LogP contribution is -2.42. The van der Waals surface area contributed by atoms with E-state index in [0.717, 1.165) is 50.6 Å². The number of morpholine rings is 1. The van der Waals surface area contributed by atoms with Crippen molar-refractivity contribution in [3.05, 3.63) is 47.7 Å². The summed E-state index contributed by atoms with van der Waals surface area (Å²) in [5, 5.41) is 0. The number of hydrogen-bond acceptors (Lipinski definition) is 6. The Hall–Kier alpha value is -2.31. The molecule has 3 heterocycles. The first-order valence-electron chi connectivity index (χ1n) is 9.19. The van der Waals surface area contributed by atoms with Gasteiger partial charge in [-0.15, -0.1) is 0 Å². The van der Waals surface area contributed by atoms with E-state index in [-0.39, 0.29) is 6.10 Å². The van der Waals surface area contributed by atoms with Gasteiger partial charge < -0.3 is 19.9 Å². The highest BCUT2D eigenvalue weighted by molar-refractivity contribution is 5.43. The molecule has 1 saturated heterocycles. The summed E-state index contributed by atoms with van der Waals surface area (Å²) in [6.07, 6.45) is 3.95. The molecule has 0 bridgehead atoms. The summed E-state index contributed by atoms with van der Waals surface area (Å²) in [7, 11) is 0. The SMILES string of the molecule is Nc1cc(CC[C@@H]2CN(Cc3ccc4c(c3)OCCO4)CCO2)ccn1. The molecule has 2 aliphatic heterocycles. The number of pyridine rings is 1. The molecule has 2 N–H and O–H groups in total. The first-order chi connectivity index (χ1) is 12.8. The smallest absolute Gasteiger partial charge is 0.161 e. The molecule has 0 radical (unpaired) electrons. The van der Waals surface area contributed by atoms with Gasteiger partial charge in [0.05, 0.1) is 12.7 Å². The number of aryl methyl sites for hydroxylation is 1. The number of ether oxygens (including phenoxy) is 3. The van der Waals surface area contributed by atoms with Crippen LogP contribution in [0, 0.1) is 0 Å². The molecule has 4 rings (SSSR count). The van der Waals surface area contributed by atoms with Crippen molar-refractivity contribution < 1.29 is 14.2 Å². The molecule has 2 aliphatic rings.